The van der Waals surface area contributed by atoms with Gasteiger partial charge < -0.3 is 15.4 Å². The summed E-state index contributed by atoms with van der Waals surface area (Å²) in [6.45, 7) is 1.78. The maximum absolute atomic E-state index is 12.1. The van der Waals surface area contributed by atoms with E-state index in [0.29, 0.717) is 13.2 Å². The van der Waals surface area contributed by atoms with Crippen molar-refractivity contribution in [3.05, 3.63) is 65.7 Å². The zero-order valence-electron chi connectivity index (χ0n) is 13.1. The third-order valence-electron chi connectivity index (χ3n) is 4.01. The molecule has 1 heterocycles. The number of fused-ring (bicyclic) bond motifs is 1. The van der Waals surface area contributed by atoms with Gasteiger partial charge in [0.05, 0.1) is 19.2 Å². The molecule has 1 atom stereocenters. The maximum atomic E-state index is 12.1. The Hall–Kier alpha value is -2.33. The fourth-order valence-corrected chi connectivity index (χ4v) is 2.82. The van der Waals surface area contributed by atoms with Crippen LogP contribution in [0.15, 0.2) is 54.6 Å². The zero-order valence-corrected chi connectivity index (χ0v) is 13.1. The van der Waals surface area contributed by atoms with Crippen LogP contribution in [0.25, 0.3) is 0 Å². The number of amides is 1. The highest BCUT2D eigenvalue weighted by Crippen LogP contribution is 2.31. The van der Waals surface area contributed by atoms with E-state index in [1.807, 2.05) is 42.5 Å². The summed E-state index contributed by atoms with van der Waals surface area (Å²) in [7, 11) is 0. The van der Waals surface area contributed by atoms with Crippen LogP contribution in [0.1, 0.15) is 23.6 Å². The van der Waals surface area contributed by atoms with Gasteiger partial charge in [-0.3, -0.25) is 4.79 Å². The van der Waals surface area contributed by atoms with Gasteiger partial charge in [-0.15, -0.1) is 0 Å². The summed E-state index contributed by atoms with van der Waals surface area (Å²) in [5.41, 5.74) is 2.34. The second kappa shape index (κ2) is 7.79. The summed E-state index contributed by atoms with van der Waals surface area (Å²) in [6.07, 6.45) is 1.74. The predicted molar refractivity (Wildman–Crippen MR) is 90.5 cm³/mol. The molecule has 4 heteroatoms. The third kappa shape index (κ3) is 4.33. The van der Waals surface area contributed by atoms with Gasteiger partial charge in [0, 0.05) is 12.0 Å². The average Bonchev–Trinajstić information content (AvgIpc) is 2.60. The van der Waals surface area contributed by atoms with Crippen molar-refractivity contribution < 1.29 is 9.53 Å². The van der Waals surface area contributed by atoms with Gasteiger partial charge in [0.15, 0.2) is 0 Å². The predicted octanol–water partition coefficient (Wildman–Crippen LogP) is 2.46. The van der Waals surface area contributed by atoms with Crippen molar-refractivity contribution >= 4 is 5.91 Å². The van der Waals surface area contributed by atoms with Crippen LogP contribution in [0.3, 0.4) is 0 Å². The number of para-hydroxylation sites is 1. The molecule has 120 valence electrons. The standard InChI is InChI=1S/C19H22N2O2/c22-19(14-20-12-10-15-6-2-1-3-7-15)21-17-11-13-23-18-9-5-4-8-16(17)18/h1-9,17,20H,10-14H2,(H,21,22). The van der Waals surface area contributed by atoms with Gasteiger partial charge in [0.25, 0.3) is 0 Å². The minimum atomic E-state index is 0.0276. The molecule has 0 aliphatic carbocycles. The fraction of sp³-hybridized carbons (Fsp3) is 0.316. The van der Waals surface area contributed by atoms with Gasteiger partial charge in [0.2, 0.25) is 5.91 Å². The molecule has 0 spiro atoms. The maximum Gasteiger partial charge on any atom is 0.234 e. The summed E-state index contributed by atoms with van der Waals surface area (Å²) < 4.78 is 5.62. The molecular weight excluding hydrogens is 288 g/mol. The Labute approximate surface area is 136 Å². The van der Waals surface area contributed by atoms with Crippen molar-refractivity contribution in [2.45, 2.75) is 18.9 Å². The van der Waals surface area contributed by atoms with Crippen LogP contribution in [-0.4, -0.2) is 25.6 Å². The number of nitrogens with one attached hydrogen (secondary N) is 2. The highest BCUT2D eigenvalue weighted by atomic mass is 16.5. The van der Waals surface area contributed by atoms with Crippen molar-refractivity contribution in [2.75, 3.05) is 19.7 Å². The summed E-state index contributed by atoms with van der Waals surface area (Å²) in [5, 5.41) is 6.30. The van der Waals surface area contributed by atoms with Gasteiger partial charge >= 0.3 is 0 Å². The molecule has 4 nitrogen and oxygen atoms in total. The summed E-state index contributed by atoms with van der Waals surface area (Å²) in [6, 6.07) is 18.2. The molecule has 0 radical (unpaired) electrons. The lowest BCUT2D eigenvalue weighted by Crippen LogP contribution is -2.38. The molecule has 23 heavy (non-hydrogen) atoms. The topological polar surface area (TPSA) is 50.4 Å². The fourth-order valence-electron chi connectivity index (χ4n) is 2.82. The van der Waals surface area contributed by atoms with Crippen molar-refractivity contribution in [1.29, 1.82) is 0 Å². The lowest BCUT2D eigenvalue weighted by atomic mass is 10.0. The van der Waals surface area contributed by atoms with E-state index in [4.69, 9.17) is 4.74 Å². The molecule has 0 aromatic heterocycles. The Bertz CT molecular complexity index is 643. The Morgan fingerprint density at radius 1 is 1.09 bits per heavy atom. The van der Waals surface area contributed by atoms with Crippen molar-refractivity contribution in [2.24, 2.45) is 0 Å². The highest BCUT2D eigenvalue weighted by molar-refractivity contribution is 5.78. The van der Waals surface area contributed by atoms with Crippen LogP contribution in [0, 0.1) is 0 Å². The summed E-state index contributed by atoms with van der Waals surface area (Å²) in [4.78, 5) is 12.1. The van der Waals surface area contributed by atoms with Crippen LogP contribution < -0.4 is 15.4 Å². The van der Waals surface area contributed by atoms with Crippen LogP contribution in [0.4, 0.5) is 0 Å². The first-order valence-corrected chi connectivity index (χ1v) is 8.08. The number of ether oxygens (including phenoxy) is 1. The van der Waals surface area contributed by atoms with Crippen LogP contribution in [-0.2, 0) is 11.2 Å². The molecule has 0 bridgehead atoms. The van der Waals surface area contributed by atoms with E-state index in [2.05, 4.69) is 22.8 Å². The Morgan fingerprint density at radius 3 is 2.74 bits per heavy atom. The molecular formula is C19H22N2O2. The molecule has 3 rings (SSSR count). The molecule has 1 unspecified atom stereocenters. The van der Waals surface area contributed by atoms with Crippen LogP contribution in [0.2, 0.25) is 0 Å². The molecule has 0 saturated heterocycles. The summed E-state index contributed by atoms with van der Waals surface area (Å²) in [5.74, 6) is 0.904. The molecule has 2 aromatic rings. The Balaban J connectivity index is 1.43. The smallest absolute Gasteiger partial charge is 0.234 e. The van der Waals surface area contributed by atoms with E-state index in [1.54, 1.807) is 0 Å². The minimum absolute atomic E-state index is 0.0276. The molecule has 0 saturated carbocycles. The number of rotatable bonds is 6. The number of hydrogen-bond acceptors (Lipinski definition) is 3. The molecule has 1 aliphatic heterocycles. The first kappa shape index (κ1) is 15.6. The number of carbonyl (C=O) groups excluding carboxylic acids is 1. The van der Waals surface area contributed by atoms with Crippen molar-refractivity contribution in [3.63, 3.8) is 0 Å². The minimum Gasteiger partial charge on any atom is -0.493 e. The molecule has 2 N–H and O–H groups in total. The highest BCUT2D eigenvalue weighted by Gasteiger charge is 2.22. The van der Waals surface area contributed by atoms with Crippen LogP contribution >= 0.6 is 0 Å². The number of benzene rings is 2. The average molecular weight is 310 g/mol. The SMILES string of the molecule is O=C(CNCCc1ccccc1)NC1CCOc2ccccc21. The van der Waals surface area contributed by atoms with Gasteiger partial charge in [-0.05, 0) is 24.6 Å². The van der Waals surface area contributed by atoms with Gasteiger partial charge in [-0.1, -0.05) is 48.5 Å². The molecule has 2 aromatic carbocycles. The monoisotopic (exact) mass is 310 g/mol. The van der Waals surface area contributed by atoms with Gasteiger partial charge in [-0.25, -0.2) is 0 Å². The van der Waals surface area contributed by atoms with E-state index in [0.717, 1.165) is 30.7 Å². The quantitative estimate of drug-likeness (QED) is 0.806. The number of hydrogen-bond donors (Lipinski definition) is 2. The van der Waals surface area contributed by atoms with Crippen molar-refractivity contribution in [1.82, 2.24) is 10.6 Å². The summed E-state index contributed by atoms with van der Waals surface area (Å²) >= 11 is 0. The molecule has 1 amide bonds. The van der Waals surface area contributed by atoms with E-state index in [-0.39, 0.29) is 11.9 Å². The number of carbonyl (C=O) groups is 1. The van der Waals surface area contributed by atoms with Crippen LogP contribution in [0.5, 0.6) is 5.75 Å². The van der Waals surface area contributed by atoms with Crippen molar-refractivity contribution in [3.8, 4) is 5.75 Å². The van der Waals surface area contributed by atoms with Gasteiger partial charge in [-0.2, -0.15) is 0 Å². The second-order valence-electron chi connectivity index (χ2n) is 5.71. The lowest BCUT2D eigenvalue weighted by Gasteiger charge is -2.26. The van der Waals surface area contributed by atoms with E-state index < -0.39 is 0 Å². The Kier molecular flexibility index (Phi) is 5.27. The lowest BCUT2D eigenvalue weighted by molar-refractivity contribution is -0.121. The zero-order chi connectivity index (χ0) is 15.9. The first-order valence-electron chi connectivity index (χ1n) is 8.08. The Morgan fingerprint density at radius 2 is 1.87 bits per heavy atom. The normalized spacial score (nSPS) is 16.3. The third-order valence-corrected chi connectivity index (χ3v) is 4.01. The largest absolute Gasteiger partial charge is 0.493 e. The second-order valence-corrected chi connectivity index (χ2v) is 5.71. The first-order chi connectivity index (χ1) is 11.3. The van der Waals surface area contributed by atoms with Gasteiger partial charge in [0.1, 0.15) is 5.75 Å². The van der Waals surface area contributed by atoms with E-state index in [9.17, 15) is 4.79 Å². The van der Waals surface area contributed by atoms with E-state index >= 15 is 0 Å². The van der Waals surface area contributed by atoms with E-state index in [1.165, 1.54) is 5.56 Å². The molecule has 0 fully saturated rings. The molecule has 1 aliphatic rings.